The number of hydrogen-bond donors (Lipinski definition) is 0. The lowest BCUT2D eigenvalue weighted by Crippen LogP contribution is -1.83. The van der Waals surface area contributed by atoms with Gasteiger partial charge in [-0.25, -0.2) is 0 Å². The van der Waals surface area contributed by atoms with Crippen LogP contribution in [-0.2, 0) is 0 Å². The zero-order chi connectivity index (χ0) is 81.5. The van der Waals surface area contributed by atoms with Crippen LogP contribution in [0.25, 0.3) is 65.3 Å². The van der Waals surface area contributed by atoms with Gasteiger partial charge in [0.1, 0.15) is 0 Å². The van der Waals surface area contributed by atoms with Gasteiger partial charge in [0.2, 0.25) is 0 Å². The second-order valence-corrected chi connectivity index (χ2v) is 13.6. The maximum Gasteiger partial charge on any atom is -0.00992 e. The van der Waals surface area contributed by atoms with Crippen LogP contribution < -0.4 is 0 Å². The third-order valence-electron chi connectivity index (χ3n) is 9.73. The highest BCUT2D eigenvalue weighted by Crippen LogP contribution is 2.33. The minimum atomic E-state index is 1.28. The second kappa shape index (κ2) is 135. The van der Waals surface area contributed by atoms with Crippen molar-refractivity contribution in [3.63, 3.8) is 0 Å². The van der Waals surface area contributed by atoms with Crippen molar-refractivity contribution < 1.29 is 0 Å². The van der Waals surface area contributed by atoms with Crippen LogP contribution in [0.2, 0.25) is 0 Å². The fraction of sp³-hybridized carbons (Fsp3) is 0.420. The number of hydrogen-bond acceptors (Lipinski definition) is 0. The lowest BCUT2D eigenvalue weighted by atomic mass is 9.94. The van der Waals surface area contributed by atoms with E-state index in [2.05, 4.69) is 231 Å². The van der Waals surface area contributed by atoms with E-state index in [-0.39, 0.29) is 0 Å². The summed E-state index contributed by atoms with van der Waals surface area (Å²) in [5.41, 5.74) is 5.16. The average molecular weight is 1370 g/mol. The van der Waals surface area contributed by atoms with Crippen LogP contribution in [0.4, 0.5) is 0 Å². The van der Waals surface area contributed by atoms with E-state index in [0.29, 0.717) is 0 Å². The maximum atomic E-state index is 2.21. The number of rotatable bonds is 2. The fourth-order valence-electron chi connectivity index (χ4n) is 6.83. The molecule has 0 aliphatic heterocycles. The van der Waals surface area contributed by atoms with E-state index in [1.165, 1.54) is 65.3 Å². The van der Waals surface area contributed by atoms with Crippen LogP contribution in [0.3, 0.4) is 0 Å². The molecule has 0 bridgehead atoms. The molecular formula is C100H172. The normalized spacial score (nSPS) is 7.10. The van der Waals surface area contributed by atoms with Gasteiger partial charge in [-0.15, -0.1) is 0 Å². The first-order valence-electron chi connectivity index (χ1n) is 40.8. The Labute approximate surface area is 631 Å². The van der Waals surface area contributed by atoms with Crippen LogP contribution >= 0.6 is 0 Å². The Morgan fingerprint density at radius 3 is 0.390 bits per heavy atom. The zero-order valence-corrected chi connectivity index (χ0v) is 74.6. The molecule has 100 heavy (non-hydrogen) atoms. The van der Waals surface area contributed by atoms with Crippen molar-refractivity contribution in [2.45, 2.75) is 291 Å². The summed E-state index contributed by atoms with van der Waals surface area (Å²) in [7, 11) is 0. The van der Waals surface area contributed by atoms with Crippen molar-refractivity contribution >= 4 is 43.1 Å². The molecule has 0 saturated carbocycles. The Balaban J connectivity index is -0.0000000626. The quantitative estimate of drug-likeness (QED) is 0.162. The fourth-order valence-corrected chi connectivity index (χ4v) is 6.83. The molecule has 0 nitrogen and oxygen atoms in total. The summed E-state index contributed by atoms with van der Waals surface area (Å²) in [4.78, 5) is 0. The highest BCUT2D eigenvalue weighted by atomic mass is 14.1. The van der Waals surface area contributed by atoms with Gasteiger partial charge in [0, 0.05) is 0 Å². The molecule has 0 aliphatic rings. The molecule has 0 atom stereocenters. The molecule has 0 fully saturated rings. The minimum Gasteiger partial charge on any atom is -0.0683 e. The van der Waals surface area contributed by atoms with Gasteiger partial charge in [-0.3, -0.25) is 0 Å². The van der Waals surface area contributed by atoms with Crippen LogP contribution in [0.1, 0.15) is 291 Å². The first kappa shape index (κ1) is 129. The molecule has 11 aromatic rings. The van der Waals surface area contributed by atoms with Crippen LogP contribution in [-0.4, -0.2) is 0 Å². The molecule has 0 spiro atoms. The van der Waals surface area contributed by atoms with Gasteiger partial charge >= 0.3 is 0 Å². The molecule has 0 radical (unpaired) electrons. The van der Waals surface area contributed by atoms with E-state index in [1.807, 2.05) is 339 Å². The number of fused-ring (bicyclic) bond motifs is 4. The van der Waals surface area contributed by atoms with E-state index < -0.39 is 0 Å². The second-order valence-electron chi connectivity index (χ2n) is 13.6. The Hall–Kier alpha value is -7.54. The standard InChI is InChI=1S/C20H14.C12H10.2C10H8.C6H6.21C2H6/c1-3-11-17-15(7-1)9-5-13-19(17)20-14-6-10-16-8-2-4-12-18(16)20;1-3-7-11(8-4-1)12-9-5-2-6-10-12;2*1-2-6-10-8-4-3-7-9(10)5-1;1-2-4-6-5-3-1;21*1-2/h1-14H;1-10H;2*1-8H;1-6H;21*1-2H3. The summed E-state index contributed by atoms with van der Waals surface area (Å²) in [6.07, 6.45) is 0. The Morgan fingerprint density at radius 2 is 0.220 bits per heavy atom. The average Bonchev–Trinajstić information content (AvgIpc) is 0.785. The third-order valence-corrected chi connectivity index (χ3v) is 9.73. The molecule has 0 amide bonds. The molecule has 11 aromatic carbocycles. The SMILES string of the molecule is CC.CC.CC.CC.CC.CC.CC.CC.CC.CC.CC.CC.CC.CC.CC.CC.CC.CC.CC.CC.CC.c1ccc(-c2ccccc2)cc1.c1ccc2c(-c3cccc4ccccc34)cccc2c1.c1ccc2ccccc2c1.c1ccc2ccccc2c1.c1ccccc1. The summed E-state index contributed by atoms with van der Waals surface area (Å²) in [5.74, 6) is 0. The van der Waals surface area contributed by atoms with Gasteiger partial charge in [-0.05, 0) is 65.3 Å². The van der Waals surface area contributed by atoms with Crippen molar-refractivity contribution in [2.24, 2.45) is 0 Å². The highest BCUT2D eigenvalue weighted by Gasteiger charge is 2.06. The molecule has 0 aliphatic carbocycles. The lowest BCUT2D eigenvalue weighted by molar-refractivity contribution is 1.50. The van der Waals surface area contributed by atoms with E-state index in [0.717, 1.165) is 0 Å². The minimum absolute atomic E-state index is 1.28. The predicted octanol–water partition coefficient (Wildman–Crippen LogP) is 37.9. The largest absolute Gasteiger partial charge is 0.0683 e. The van der Waals surface area contributed by atoms with Crippen molar-refractivity contribution in [1.82, 2.24) is 0 Å². The highest BCUT2D eigenvalue weighted by molar-refractivity contribution is 6.05. The van der Waals surface area contributed by atoms with Crippen LogP contribution in [0.5, 0.6) is 0 Å². The molecule has 0 heteroatoms. The van der Waals surface area contributed by atoms with Crippen molar-refractivity contribution in [3.8, 4) is 22.3 Å². The Kier molecular flexibility index (Phi) is 174. The van der Waals surface area contributed by atoms with Crippen LogP contribution in [0, 0.1) is 0 Å². The smallest absolute Gasteiger partial charge is 0.00992 e. The van der Waals surface area contributed by atoms with Gasteiger partial charge in [-0.2, -0.15) is 0 Å². The van der Waals surface area contributed by atoms with Crippen molar-refractivity contribution in [1.29, 1.82) is 0 Å². The summed E-state index contributed by atoms with van der Waals surface area (Å²) >= 11 is 0. The summed E-state index contributed by atoms with van der Waals surface area (Å²) in [5, 5.41) is 10.4. The molecule has 0 unspecified atom stereocenters. The Morgan fingerprint density at radius 1 is 0.100 bits per heavy atom. The summed E-state index contributed by atoms with van der Waals surface area (Å²) in [6.45, 7) is 84.0. The Bertz CT molecular complexity index is 2520. The monoisotopic (exact) mass is 1370 g/mol. The van der Waals surface area contributed by atoms with E-state index in [4.69, 9.17) is 0 Å². The molecule has 0 heterocycles. The maximum absolute atomic E-state index is 2.21. The van der Waals surface area contributed by atoms with E-state index >= 15 is 0 Å². The summed E-state index contributed by atoms with van der Waals surface area (Å²) < 4.78 is 0. The first-order chi connectivity index (χ1) is 49.8. The third kappa shape index (κ3) is 71.7. The van der Waals surface area contributed by atoms with Gasteiger partial charge < -0.3 is 0 Å². The van der Waals surface area contributed by atoms with Gasteiger partial charge in [-0.1, -0.05) is 570 Å². The van der Waals surface area contributed by atoms with E-state index in [9.17, 15) is 0 Å². The van der Waals surface area contributed by atoms with Crippen molar-refractivity contribution in [3.05, 3.63) is 279 Å². The zero-order valence-electron chi connectivity index (χ0n) is 74.6. The van der Waals surface area contributed by atoms with E-state index in [1.54, 1.807) is 0 Å². The number of benzene rings is 11. The molecule has 11 rings (SSSR count). The molecule has 0 saturated heterocycles. The molecule has 0 aromatic heterocycles. The van der Waals surface area contributed by atoms with Crippen LogP contribution in [0.15, 0.2) is 279 Å². The van der Waals surface area contributed by atoms with Gasteiger partial charge in [0.05, 0.1) is 0 Å². The lowest BCUT2D eigenvalue weighted by Gasteiger charge is -2.10. The predicted molar refractivity (Wildman–Crippen MR) is 491 cm³/mol. The molecule has 0 N–H and O–H groups in total. The molecular weight excluding hydrogens is 1200 g/mol. The van der Waals surface area contributed by atoms with Crippen molar-refractivity contribution in [2.75, 3.05) is 0 Å². The van der Waals surface area contributed by atoms with Gasteiger partial charge in [0.25, 0.3) is 0 Å². The summed E-state index contributed by atoms with van der Waals surface area (Å²) in [6, 6.07) is 96.4. The van der Waals surface area contributed by atoms with Gasteiger partial charge in [0.15, 0.2) is 0 Å². The molecule has 572 valence electrons. The first-order valence-corrected chi connectivity index (χ1v) is 40.8. The topological polar surface area (TPSA) is 0 Å².